The number of esters is 1. The Morgan fingerprint density at radius 2 is 2.09 bits per heavy atom. The van der Waals surface area contributed by atoms with Gasteiger partial charge >= 0.3 is 5.97 Å². The van der Waals surface area contributed by atoms with Gasteiger partial charge in [-0.1, -0.05) is 26.8 Å². The van der Waals surface area contributed by atoms with Crippen LogP contribution in [0.2, 0.25) is 0 Å². The van der Waals surface area contributed by atoms with Crippen LogP contribution in [-0.4, -0.2) is 18.4 Å². The van der Waals surface area contributed by atoms with E-state index in [-0.39, 0.29) is 16.8 Å². The van der Waals surface area contributed by atoms with Crippen molar-refractivity contribution in [2.45, 2.75) is 52.9 Å². The SMILES string of the molecule is C[C@@H]1CC[C@@]2(C)C(=O)C=CC[C@@H]2[C@@]1(C)CCC1=CC(=O)OC1. The van der Waals surface area contributed by atoms with Crippen LogP contribution in [0.25, 0.3) is 0 Å². The predicted octanol–water partition coefficient (Wildman–Crippen LogP) is 3.84. The van der Waals surface area contributed by atoms with Crippen LogP contribution in [0.3, 0.4) is 0 Å². The summed E-state index contributed by atoms with van der Waals surface area (Å²) in [6.07, 6.45) is 10.5. The zero-order valence-electron chi connectivity index (χ0n) is 13.9. The molecule has 1 fully saturated rings. The molecule has 0 aromatic carbocycles. The van der Waals surface area contributed by atoms with Gasteiger partial charge < -0.3 is 4.74 Å². The lowest BCUT2D eigenvalue weighted by Crippen LogP contribution is -2.52. The number of cyclic esters (lactones) is 1. The second-order valence-electron chi connectivity index (χ2n) is 7.83. The molecule has 1 saturated carbocycles. The van der Waals surface area contributed by atoms with Crippen LogP contribution in [0.1, 0.15) is 52.9 Å². The number of ketones is 1. The molecule has 22 heavy (non-hydrogen) atoms. The van der Waals surface area contributed by atoms with E-state index in [2.05, 4.69) is 26.8 Å². The van der Waals surface area contributed by atoms with Gasteiger partial charge in [-0.05, 0) is 61.0 Å². The van der Waals surface area contributed by atoms with Crippen molar-refractivity contribution in [1.82, 2.24) is 0 Å². The Morgan fingerprint density at radius 1 is 1.32 bits per heavy atom. The maximum Gasteiger partial charge on any atom is 0.331 e. The van der Waals surface area contributed by atoms with E-state index in [1.54, 1.807) is 12.2 Å². The van der Waals surface area contributed by atoms with Crippen LogP contribution < -0.4 is 0 Å². The molecule has 3 rings (SSSR count). The third-order valence-electron chi connectivity index (χ3n) is 6.70. The molecule has 0 aromatic heterocycles. The number of rotatable bonds is 3. The minimum absolute atomic E-state index is 0.139. The van der Waals surface area contributed by atoms with Gasteiger partial charge in [0.25, 0.3) is 0 Å². The van der Waals surface area contributed by atoms with Gasteiger partial charge in [0, 0.05) is 11.5 Å². The summed E-state index contributed by atoms with van der Waals surface area (Å²) in [5.41, 5.74) is 1.04. The lowest BCUT2D eigenvalue weighted by molar-refractivity contribution is -0.139. The van der Waals surface area contributed by atoms with Crippen molar-refractivity contribution in [3.63, 3.8) is 0 Å². The Kier molecular flexibility index (Phi) is 3.78. The average Bonchev–Trinajstić information content (AvgIpc) is 2.90. The van der Waals surface area contributed by atoms with Crippen molar-refractivity contribution < 1.29 is 14.3 Å². The lowest BCUT2D eigenvalue weighted by Gasteiger charge is -2.56. The number of carbonyl (C=O) groups excluding carboxylic acids is 2. The zero-order chi connectivity index (χ0) is 16.0. The van der Waals surface area contributed by atoms with Crippen molar-refractivity contribution in [2.75, 3.05) is 6.61 Å². The molecule has 0 saturated heterocycles. The van der Waals surface area contributed by atoms with Crippen molar-refractivity contribution in [1.29, 1.82) is 0 Å². The Morgan fingerprint density at radius 3 is 2.77 bits per heavy atom. The van der Waals surface area contributed by atoms with E-state index in [0.717, 1.165) is 37.7 Å². The fourth-order valence-electron chi connectivity index (χ4n) is 4.83. The van der Waals surface area contributed by atoms with E-state index < -0.39 is 0 Å². The first-order valence-electron chi connectivity index (χ1n) is 8.43. The second-order valence-corrected chi connectivity index (χ2v) is 7.83. The molecule has 0 aromatic rings. The van der Waals surface area contributed by atoms with Gasteiger partial charge in [0.15, 0.2) is 5.78 Å². The normalized spacial score (nSPS) is 41.1. The van der Waals surface area contributed by atoms with Crippen LogP contribution in [0.5, 0.6) is 0 Å². The van der Waals surface area contributed by atoms with Gasteiger partial charge in [0.1, 0.15) is 6.61 Å². The van der Waals surface area contributed by atoms with Crippen LogP contribution in [0, 0.1) is 22.7 Å². The molecule has 0 unspecified atom stereocenters. The molecule has 4 atom stereocenters. The van der Waals surface area contributed by atoms with E-state index in [0.29, 0.717) is 24.2 Å². The number of carbonyl (C=O) groups is 2. The first kappa shape index (κ1) is 15.5. The first-order chi connectivity index (χ1) is 10.4. The Bertz CT molecular complexity index is 559. The summed E-state index contributed by atoms with van der Waals surface area (Å²) in [6.45, 7) is 7.29. The largest absolute Gasteiger partial charge is 0.458 e. The molecule has 1 heterocycles. The van der Waals surface area contributed by atoms with E-state index in [1.165, 1.54) is 0 Å². The fourth-order valence-corrected chi connectivity index (χ4v) is 4.83. The highest BCUT2D eigenvalue weighted by Gasteiger charge is 2.54. The predicted molar refractivity (Wildman–Crippen MR) is 85.1 cm³/mol. The first-order valence-corrected chi connectivity index (χ1v) is 8.43. The Hall–Kier alpha value is -1.38. The van der Waals surface area contributed by atoms with E-state index in [9.17, 15) is 9.59 Å². The minimum Gasteiger partial charge on any atom is -0.458 e. The fraction of sp³-hybridized carbons (Fsp3) is 0.684. The van der Waals surface area contributed by atoms with E-state index in [4.69, 9.17) is 4.74 Å². The molecule has 0 amide bonds. The molecule has 3 heteroatoms. The summed E-state index contributed by atoms with van der Waals surface area (Å²) in [7, 11) is 0. The highest BCUT2D eigenvalue weighted by Crippen LogP contribution is 2.59. The van der Waals surface area contributed by atoms with Gasteiger partial charge in [-0.15, -0.1) is 0 Å². The zero-order valence-corrected chi connectivity index (χ0v) is 13.9. The summed E-state index contributed by atoms with van der Waals surface area (Å²) in [5, 5.41) is 0. The molecular formula is C19H26O3. The molecular weight excluding hydrogens is 276 g/mol. The molecule has 0 spiro atoms. The van der Waals surface area contributed by atoms with Gasteiger partial charge in [0.05, 0.1) is 0 Å². The maximum atomic E-state index is 12.5. The molecule has 0 radical (unpaired) electrons. The van der Waals surface area contributed by atoms with Crippen molar-refractivity contribution in [2.24, 2.45) is 22.7 Å². The van der Waals surface area contributed by atoms with E-state index >= 15 is 0 Å². The molecule has 3 nitrogen and oxygen atoms in total. The van der Waals surface area contributed by atoms with Crippen molar-refractivity contribution in [3.05, 3.63) is 23.8 Å². The molecule has 1 aliphatic heterocycles. The molecule has 2 aliphatic carbocycles. The highest BCUT2D eigenvalue weighted by molar-refractivity contribution is 5.95. The number of allylic oxidation sites excluding steroid dienone is 2. The molecule has 3 aliphatic rings. The minimum atomic E-state index is -0.211. The summed E-state index contributed by atoms with van der Waals surface area (Å²) >= 11 is 0. The standard InChI is InChI=1S/C19H26O3/c1-13-7-9-19(3)15(5-4-6-16(19)20)18(13,2)10-8-14-11-17(21)22-12-14/h4,6,11,13,15H,5,7-10,12H2,1-3H3/t13-,15-,18+,19-/m1/s1. The molecule has 0 N–H and O–H groups in total. The van der Waals surface area contributed by atoms with Crippen LogP contribution >= 0.6 is 0 Å². The summed E-state index contributed by atoms with van der Waals surface area (Å²) in [6, 6.07) is 0. The summed E-state index contributed by atoms with van der Waals surface area (Å²) < 4.78 is 5.01. The average molecular weight is 302 g/mol. The molecule has 120 valence electrons. The smallest absolute Gasteiger partial charge is 0.331 e. The van der Waals surface area contributed by atoms with Crippen LogP contribution in [0.15, 0.2) is 23.8 Å². The third-order valence-corrected chi connectivity index (χ3v) is 6.70. The van der Waals surface area contributed by atoms with Gasteiger partial charge in [-0.3, -0.25) is 4.79 Å². The second kappa shape index (κ2) is 5.36. The topological polar surface area (TPSA) is 43.4 Å². The van der Waals surface area contributed by atoms with Crippen molar-refractivity contribution >= 4 is 11.8 Å². The van der Waals surface area contributed by atoms with E-state index in [1.807, 2.05) is 0 Å². The van der Waals surface area contributed by atoms with Gasteiger partial charge in [-0.25, -0.2) is 4.79 Å². The van der Waals surface area contributed by atoms with Crippen LogP contribution in [0.4, 0.5) is 0 Å². The number of hydrogen-bond acceptors (Lipinski definition) is 3. The number of ether oxygens (including phenoxy) is 1. The summed E-state index contributed by atoms with van der Waals surface area (Å²) in [4.78, 5) is 23.7. The lowest BCUT2D eigenvalue weighted by atomic mass is 9.48. The summed E-state index contributed by atoms with van der Waals surface area (Å²) in [5.74, 6) is 1.10. The Labute approximate surface area is 132 Å². The third kappa shape index (κ3) is 2.35. The van der Waals surface area contributed by atoms with Crippen LogP contribution in [-0.2, 0) is 14.3 Å². The van der Waals surface area contributed by atoms with Gasteiger partial charge in [0.2, 0.25) is 0 Å². The number of hydrogen-bond donors (Lipinski definition) is 0. The molecule has 0 bridgehead atoms. The monoisotopic (exact) mass is 302 g/mol. The van der Waals surface area contributed by atoms with Crippen molar-refractivity contribution in [3.8, 4) is 0 Å². The van der Waals surface area contributed by atoms with Gasteiger partial charge in [-0.2, -0.15) is 0 Å². The number of fused-ring (bicyclic) bond motifs is 1. The quantitative estimate of drug-likeness (QED) is 0.744. The highest BCUT2D eigenvalue weighted by atomic mass is 16.5. The maximum absolute atomic E-state index is 12.5. The Balaban J connectivity index is 1.82.